The van der Waals surface area contributed by atoms with E-state index in [1.807, 2.05) is 0 Å². The molecule has 3 nitrogen and oxygen atoms in total. The Morgan fingerprint density at radius 2 is 2.08 bits per heavy atom. The molecule has 1 fully saturated rings. The van der Waals surface area contributed by atoms with Gasteiger partial charge < -0.3 is 5.32 Å². The monoisotopic (exact) mass is 241 g/mol. The van der Waals surface area contributed by atoms with E-state index >= 15 is 0 Å². The largest absolute Gasteiger partial charge is 0.307 e. The fourth-order valence-corrected chi connectivity index (χ4v) is 1.78. The van der Waals surface area contributed by atoms with Crippen molar-refractivity contribution in [3.05, 3.63) is 22.7 Å². The second-order valence-electron chi connectivity index (χ2n) is 3.26. The summed E-state index contributed by atoms with van der Waals surface area (Å²) in [6.07, 6.45) is 7.31. The van der Waals surface area contributed by atoms with Gasteiger partial charge in [0.1, 0.15) is 5.82 Å². The fraction of sp³-hybridized carbons (Fsp3) is 0.556. The minimum Gasteiger partial charge on any atom is -0.307 e. The number of rotatable bonds is 1. The van der Waals surface area contributed by atoms with Gasteiger partial charge in [0.05, 0.1) is 10.5 Å². The lowest BCUT2D eigenvalue weighted by molar-refractivity contribution is 0.397. The zero-order chi connectivity index (χ0) is 9.10. The normalized spacial score (nSPS) is 23.0. The van der Waals surface area contributed by atoms with E-state index in [1.165, 1.54) is 12.8 Å². The second-order valence-corrected chi connectivity index (χ2v) is 4.18. The fourth-order valence-electron chi connectivity index (χ4n) is 1.57. The molecule has 1 aromatic rings. The van der Waals surface area contributed by atoms with Crippen molar-refractivity contribution in [2.24, 2.45) is 0 Å². The third-order valence-corrected chi connectivity index (χ3v) is 2.67. The van der Waals surface area contributed by atoms with Gasteiger partial charge in [-0.25, -0.2) is 9.97 Å². The zero-order valence-corrected chi connectivity index (χ0v) is 8.92. The lowest BCUT2D eigenvalue weighted by Crippen LogP contribution is -2.28. The average Bonchev–Trinajstić information content (AvgIpc) is 2.20. The first-order valence-corrected chi connectivity index (χ1v) is 5.36. The maximum absolute atomic E-state index is 4.28. The molecule has 1 unspecified atom stereocenters. The molecule has 1 aliphatic rings. The molecule has 0 amide bonds. The van der Waals surface area contributed by atoms with Gasteiger partial charge in [-0.05, 0) is 35.3 Å². The number of nitrogens with one attached hydrogen (secondary N) is 1. The zero-order valence-electron chi connectivity index (χ0n) is 7.33. The molecule has 13 heavy (non-hydrogen) atoms. The summed E-state index contributed by atoms with van der Waals surface area (Å²) in [6.45, 7) is 1.09. The van der Waals surface area contributed by atoms with E-state index in [0.717, 1.165) is 23.3 Å². The molecule has 0 saturated carbocycles. The number of hydrogen-bond acceptors (Lipinski definition) is 3. The maximum atomic E-state index is 4.28. The lowest BCUT2D eigenvalue weighted by Gasteiger charge is -2.21. The number of aromatic nitrogens is 2. The minimum atomic E-state index is 0.363. The first-order valence-electron chi connectivity index (χ1n) is 4.57. The molecule has 0 aliphatic carbocycles. The van der Waals surface area contributed by atoms with Crippen LogP contribution < -0.4 is 5.32 Å². The molecule has 70 valence electrons. The number of piperidine rings is 1. The standard InChI is InChI=1S/C9H12BrN3/c10-7-5-12-9(13-6-7)8-3-1-2-4-11-8/h5-6,8,11H,1-4H2. The average molecular weight is 242 g/mol. The van der Waals surface area contributed by atoms with Crippen LogP contribution in [0.2, 0.25) is 0 Å². The van der Waals surface area contributed by atoms with E-state index in [2.05, 4.69) is 31.2 Å². The van der Waals surface area contributed by atoms with Gasteiger partial charge >= 0.3 is 0 Å². The Morgan fingerprint density at radius 3 is 2.69 bits per heavy atom. The highest BCUT2D eigenvalue weighted by Crippen LogP contribution is 2.19. The van der Waals surface area contributed by atoms with Gasteiger partial charge in [0.2, 0.25) is 0 Å². The molecular weight excluding hydrogens is 230 g/mol. The molecule has 0 bridgehead atoms. The van der Waals surface area contributed by atoms with Crippen molar-refractivity contribution in [2.75, 3.05) is 6.54 Å². The van der Waals surface area contributed by atoms with Crippen molar-refractivity contribution in [2.45, 2.75) is 25.3 Å². The van der Waals surface area contributed by atoms with Crippen LogP contribution in [0.4, 0.5) is 0 Å². The van der Waals surface area contributed by atoms with Gasteiger partial charge in [-0.2, -0.15) is 0 Å². The third kappa shape index (κ3) is 2.25. The summed E-state index contributed by atoms with van der Waals surface area (Å²) in [5.41, 5.74) is 0. The van der Waals surface area contributed by atoms with Gasteiger partial charge in [-0.1, -0.05) is 6.42 Å². The van der Waals surface area contributed by atoms with E-state index in [1.54, 1.807) is 12.4 Å². The van der Waals surface area contributed by atoms with Gasteiger partial charge in [0.15, 0.2) is 0 Å². The van der Waals surface area contributed by atoms with E-state index in [0.29, 0.717) is 6.04 Å². The quantitative estimate of drug-likeness (QED) is 0.819. The summed E-state index contributed by atoms with van der Waals surface area (Å²) in [7, 11) is 0. The summed E-state index contributed by atoms with van der Waals surface area (Å²) in [4.78, 5) is 8.56. The Hall–Kier alpha value is -0.480. The van der Waals surface area contributed by atoms with Crippen molar-refractivity contribution in [3.8, 4) is 0 Å². The van der Waals surface area contributed by atoms with E-state index in [9.17, 15) is 0 Å². The molecule has 1 saturated heterocycles. The summed E-state index contributed by atoms with van der Waals surface area (Å²) in [6, 6.07) is 0.363. The van der Waals surface area contributed by atoms with Crippen LogP contribution in [0, 0.1) is 0 Å². The van der Waals surface area contributed by atoms with Crippen molar-refractivity contribution < 1.29 is 0 Å². The first-order chi connectivity index (χ1) is 6.36. The topological polar surface area (TPSA) is 37.8 Å². The molecule has 1 atom stereocenters. The smallest absolute Gasteiger partial charge is 0.145 e. The highest BCUT2D eigenvalue weighted by molar-refractivity contribution is 9.10. The molecule has 4 heteroatoms. The van der Waals surface area contributed by atoms with E-state index in [4.69, 9.17) is 0 Å². The number of nitrogens with zero attached hydrogens (tertiary/aromatic N) is 2. The summed E-state index contributed by atoms with van der Waals surface area (Å²) in [5.74, 6) is 0.919. The van der Waals surface area contributed by atoms with Crippen LogP contribution in [0.15, 0.2) is 16.9 Å². The SMILES string of the molecule is Brc1cnc(C2CCCCN2)nc1. The van der Waals surface area contributed by atoms with Crippen LogP contribution >= 0.6 is 15.9 Å². The van der Waals surface area contributed by atoms with Crippen LogP contribution in [0.1, 0.15) is 31.1 Å². The van der Waals surface area contributed by atoms with E-state index in [-0.39, 0.29) is 0 Å². The molecule has 2 heterocycles. The number of hydrogen-bond donors (Lipinski definition) is 1. The molecule has 0 aromatic carbocycles. The summed E-state index contributed by atoms with van der Waals surface area (Å²) < 4.78 is 0.937. The Balaban J connectivity index is 2.10. The summed E-state index contributed by atoms with van der Waals surface area (Å²) in [5, 5.41) is 3.41. The number of halogens is 1. The minimum absolute atomic E-state index is 0.363. The maximum Gasteiger partial charge on any atom is 0.145 e. The van der Waals surface area contributed by atoms with Crippen molar-refractivity contribution in [1.29, 1.82) is 0 Å². The predicted octanol–water partition coefficient (Wildman–Crippen LogP) is 2.05. The Bertz CT molecular complexity index is 267. The Labute approximate surface area is 86.1 Å². The molecule has 2 rings (SSSR count). The molecule has 1 aliphatic heterocycles. The molecule has 0 spiro atoms. The van der Waals surface area contributed by atoms with Crippen LogP contribution in [0.3, 0.4) is 0 Å². The lowest BCUT2D eigenvalue weighted by atomic mass is 10.0. The highest BCUT2D eigenvalue weighted by atomic mass is 79.9. The van der Waals surface area contributed by atoms with Crippen molar-refractivity contribution in [1.82, 2.24) is 15.3 Å². The van der Waals surface area contributed by atoms with Gasteiger partial charge in [-0.3, -0.25) is 0 Å². The summed E-state index contributed by atoms with van der Waals surface area (Å²) >= 11 is 3.32. The van der Waals surface area contributed by atoms with Crippen molar-refractivity contribution >= 4 is 15.9 Å². The highest BCUT2D eigenvalue weighted by Gasteiger charge is 2.16. The van der Waals surface area contributed by atoms with Crippen molar-refractivity contribution in [3.63, 3.8) is 0 Å². The van der Waals surface area contributed by atoms with Crippen LogP contribution in [-0.4, -0.2) is 16.5 Å². The van der Waals surface area contributed by atoms with Gasteiger partial charge in [0.25, 0.3) is 0 Å². The Kier molecular flexibility index (Phi) is 2.90. The van der Waals surface area contributed by atoms with Crippen LogP contribution in [-0.2, 0) is 0 Å². The molecule has 1 aromatic heterocycles. The van der Waals surface area contributed by atoms with Gasteiger partial charge in [-0.15, -0.1) is 0 Å². The molecule has 0 radical (unpaired) electrons. The third-order valence-electron chi connectivity index (χ3n) is 2.26. The molecular formula is C9H12BrN3. The van der Waals surface area contributed by atoms with Crippen LogP contribution in [0.25, 0.3) is 0 Å². The Morgan fingerprint density at radius 1 is 1.31 bits per heavy atom. The second kappa shape index (κ2) is 4.15. The van der Waals surface area contributed by atoms with Gasteiger partial charge in [0, 0.05) is 12.4 Å². The van der Waals surface area contributed by atoms with E-state index < -0.39 is 0 Å². The predicted molar refractivity (Wildman–Crippen MR) is 54.3 cm³/mol. The molecule has 1 N–H and O–H groups in total. The van der Waals surface area contributed by atoms with Crippen LogP contribution in [0.5, 0.6) is 0 Å². The first kappa shape index (κ1) is 9.09.